The average molecular weight is 212 g/mol. The smallest absolute Gasteiger partial charge is 0.239 e. The highest BCUT2D eigenvalue weighted by molar-refractivity contribution is 5.78. The van der Waals surface area contributed by atoms with Gasteiger partial charge in [-0.25, -0.2) is 8.78 Å². The molecule has 0 aromatic heterocycles. The maximum atomic E-state index is 12.0. The standard InChI is InChI=1S/C12H14F2O/c1-9(15)7-11-4-2-3-10(8-11)5-6-12(13)14/h2-4,8,12H,5-7H2,1H3. The van der Waals surface area contributed by atoms with E-state index < -0.39 is 6.43 Å². The third-order valence-electron chi connectivity index (χ3n) is 2.10. The second-order valence-electron chi connectivity index (χ2n) is 3.63. The topological polar surface area (TPSA) is 17.1 Å². The second-order valence-corrected chi connectivity index (χ2v) is 3.63. The number of hydrogen-bond acceptors (Lipinski definition) is 1. The number of alkyl halides is 2. The zero-order valence-corrected chi connectivity index (χ0v) is 8.67. The highest BCUT2D eigenvalue weighted by atomic mass is 19.3. The number of carbonyl (C=O) groups excluding carboxylic acids is 1. The molecule has 15 heavy (non-hydrogen) atoms. The average Bonchev–Trinajstić information content (AvgIpc) is 2.14. The first-order valence-corrected chi connectivity index (χ1v) is 4.93. The van der Waals surface area contributed by atoms with E-state index >= 15 is 0 Å². The molecule has 0 radical (unpaired) electrons. The lowest BCUT2D eigenvalue weighted by Gasteiger charge is -2.03. The molecular formula is C12H14F2O. The number of benzene rings is 1. The first-order chi connectivity index (χ1) is 7.08. The Morgan fingerprint density at radius 2 is 2.00 bits per heavy atom. The van der Waals surface area contributed by atoms with E-state index in [9.17, 15) is 13.6 Å². The minimum absolute atomic E-state index is 0.0843. The molecule has 0 bridgehead atoms. The van der Waals surface area contributed by atoms with Crippen molar-refractivity contribution in [1.82, 2.24) is 0 Å². The van der Waals surface area contributed by atoms with Gasteiger partial charge in [0.1, 0.15) is 5.78 Å². The zero-order chi connectivity index (χ0) is 11.3. The molecule has 0 heterocycles. The maximum absolute atomic E-state index is 12.0. The SMILES string of the molecule is CC(=O)Cc1cccc(CCC(F)F)c1. The van der Waals surface area contributed by atoms with Crippen molar-refractivity contribution in [2.75, 3.05) is 0 Å². The Balaban J connectivity index is 2.61. The second kappa shape index (κ2) is 5.59. The molecule has 3 heteroatoms. The first-order valence-electron chi connectivity index (χ1n) is 4.93. The van der Waals surface area contributed by atoms with E-state index in [1.54, 1.807) is 6.07 Å². The largest absolute Gasteiger partial charge is 0.300 e. The molecule has 0 amide bonds. The first kappa shape index (κ1) is 11.8. The molecule has 0 aliphatic carbocycles. The third-order valence-corrected chi connectivity index (χ3v) is 2.10. The highest BCUT2D eigenvalue weighted by Crippen LogP contribution is 2.11. The Bertz CT molecular complexity index is 334. The summed E-state index contributed by atoms with van der Waals surface area (Å²) in [6.07, 6.45) is -1.64. The normalized spacial score (nSPS) is 10.7. The molecule has 0 N–H and O–H groups in total. The van der Waals surface area contributed by atoms with Crippen molar-refractivity contribution < 1.29 is 13.6 Å². The molecule has 0 spiro atoms. The summed E-state index contributed by atoms with van der Waals surface area (Å²) < 4.78 is 24.0. The van der Waals surface area contributed by atoms with Gasteiger partial charge in [0.15, 0.2) is 0 Å². The fraction of sp³-hybridized carbons (Fsp3) is 0.417. The summed E-state index contributed by atoms with van der Waals surface area (Å²) in [4.78, 5) is 10.9. The Morgan fingerprint density at radius 1 is 1.33 bits per heavy atom. The van der Waals surface area contributed by atoms with Crippen LogP contribution in [0.1, 0.15) is 24.5 Å². The van der Waals surface area contributed by atoms with Crippen LogP contribution in [0.3, 0.4) is 0 Å². The van der Waals surface area contributed by atoms with Gasteiger partial charge in [0.2, 0.25) is 6.43 Å². The van der Waals surface area contributed by atoms with Crippen LogP contribution in [0.5, 0.6) is 0 Å². The van der Waals surface area contributed by atoms with Crippen LogP contribution in [0.2, 0.25) is 0 Å². The zero-order valence-electron chi connectivity index (χ0n) is 8.67. The van der Waals surface area contributed by atoms with Gasteiger partial charge in [-0.2, -0.15) is 0 Å². The molecule has 0 atom stereocenters. The lowest BCUT2D eigenvalue weighted by atomic mass is 10.0. The monoisotopic (exact) mass is 212 g/mol. The number of Topliss-reactive ketones (excluding diaryl/α,β-unsaturated/α-hetero) is 1. The molecule has 1 aromatic rings. The van der Waals surface area contributed by atoms with Crippen LogP contribution in [0.4, 0.5) is 8.78 Å². The van der Waals surface area contributed by atoms with Gasteiger partial charge < -0.3 is 0 Å². The predicted molar refractivity (Wildman–Crippen MR) is 55.2 cm³/mol. The number of aryl methyl sites for hydroxylation is 1. The van der Waals surface area contributed by atoms with E-state index in [1.165, 1.54) is 6.92 Å². The Labute approximate surface area is 88.1 Å². The molecular weight excluding hydrogens is 198 g/mol. The number of hydrogen-bond donors (Lipinski definition) is 0. The Kier molecular flexibility index (Phi) is 4.40. The van der Waals surface area contributed by atoms with Crippen LogP contribution in [0.25, 0.3) is 0 Å². The van der Waals surface area contributed by atoms with Crippen molar-refractivity contribution in [3.05, 3.63) is 35.4 Å². The lowest BCUT2D eigenvalue weighted by molar-refractivity contribution is -0.116. The molecule has 1 nitrogen and oxygen atoms in total. The molecule has 0 saturated carbocycles. The Morgan fingerprint density at radius 3 is 2.60 bits per heavy atom. The summed E-state index contributed by atoms with van der Waals surface area (Å²) in [7, 11) is 0. The van der Waals surface area contributed by atoms with E-state index in [-0.39, 0.29) is 12.2 Å². The fourth-order valence-corrected chi connectivity index (χ4v) is 1.46. The van der Waals surface area contributed by atoms with Crippen LogP contribution in [0.15, 0.2) is 24.3 Å². The van der Waals surface area contributed by atoms with Crippen LogP contribution >= 0.6 is 0 Å². The minimum atomic E-state index is -2.26. The molecule has 0 saturated heterocycles. The van der Waals surface area contributed by atoms with Crippen molar-refractivity contribution in [3.8, 4) is 0 Å². The summed E-state index contributed by atoms with van der Waals surface area (Å²) in [6.45, 7) is 1.52. The van der Waals surface area contributed by atoms with E-state index in [0.29, 0.717) is 12.8 Å². The van der Waals surface area contributed by atoms with Gasteiger partial charge in [0.25, 0.3) is 0 Å². The Hall–Kier alpha value is -1.25. The van der Waals surface area contributed by atoms with E-state index in [2.05, 4.69) is 0 Å². The summed E-state index contributed by atoms with van der Waals surface area (Å²) in [6, 6.07) is 7.28. The summed E-state index contributed by atoms with van der Waals surface area (Å²) in [5.74, 6) is 0.0843. The van der Waals surface area contributed by atoms with Gasteiger partial charge in [-0.15, -0.1) is 0 Å². The van der Waals surface area contributed by atoms with E-state index in [0.717, 1.165) is 11.1 Å². The van der Waals surface area contributed by atoms with Crippen molar-refractivity contribution in [3.63, 3.8) is 0 Å². The third kappa shape index (κ3) is 4.68. The summed E-state index contributed by atoms with van der Waals surface area (Å²) in [5, 5.41) is 0. The number of halogens is 2. The van der Waals surface area contributed by atoms with Crippen molar-refractivity contribution in [2.24, 2.45) is 0 Å². The van der Waals surface area contributed by atoms with Crippen molar-refractivity contribution >= 4 is 5.78 Å². The minimum Gasteiger partial charge on any atom is -0.300 e. The quantitative estimate of drug-likeness (QED) is 0.733. The van der Waals surface area contributed by atoms with Crippen LogP contribution < -0.4 is 0 Å². The fourth-order valence-electron chi connectivity index (χ4n) is 1.46. The van der Waals surface area contributed by atoms with E-state index in [4.69, 9.17) is 0 Å². The summed E-state index contributed by atoms with van der Waals surface area (Å²) in [5.41, 5.74) is 1.77. The van der Waals surface area contributed by atoms with Crippen LogP contribution in [0, 0.1) is 0 Å². The van der Waals surface area contributed by atoms with Crippen LogP contribution in [-0.4, -0.2) is 12.2 Å². The number of ketones is 1. The molecule has 1 aromatic carbocycles. The molecule has 0 fully saturated rings. The number of rotatable bonds is 5. The molecule has 0 aliphatic rings. The molecule has 1 rings (SSSR count). The van der Waals surface area contributed by atoms with Gasteiger partial charge in [-0.3, -0.25) is 4.79 Å². The predicted octanol–water partition coefficient (Wildman–Crippen LogP) is 3.02. The van der Waals surface area contributed by atoms with Gasteiger partial charge in [-0.1, -0.05) is 24.3 Å². The summed E-state index contributed by atoms with van der Waals surface area (Å²) >= 11 is 0. The van der Waals surface area contributed by atoms with Crippen molar-refractivity contribution in [2.45, 2.75) is 32.6 Å². The van der Waals surface area contributed by atoms with Crippen LogP contribution in [-0.2, 0) is 17.6 Å². The van der Waals surface area contributed by atoms with Gasteiger partial charge >= 0.3 is 0 Å². The van der Waals surface area contributed by atoms with Gasteiger partial charge in [-0.05, 0) is 24.5 Å². The maximum Gasteiger partial charge on any atom is 0.239 e. The molecule has 0 aliphatic heterocycles. The highest BCUT2D eigenvalue weighted by Gasteiger charge is 2.04. The van der Waals surface area contributed by atoms with Crippen molar-refractivity contribution in [1.29, 1.82) is 0 Å². The van der Waals surface area contributed by atoms with E-state index in [1.807, 2.05) is 18.2 Å². The lowest BCUT2D eigenvalue weighted by Crippen LogP contribution is -1.98. The van der Waals surface area contributed by atoms with Gasteiger partial charge in [0, 0.05) is 12.8 Å². The van der Waals surface area contributed by atoms with Gasteiger partial charge in [0.05, 0.1) is 0 Å². The molecule has 82 valence electrons. The number of carbonyl (C=O) groups is 1. The molecule has 0 unspecified atom stereocenters.